The Labute approximate surface area is 181 Å². The molecule has 3 rings (SSSR count). The quantitative estimate of drug-likeness (QED) is 0.509. The molecule has 1 N–H and O–H groups in total. The fourth-order valence-corrected chi connectivity index (χ4v) is 4.31. The summed E-state index contributed by atoms with van der Waals surface area (Å²) in [7, 11) is 0. The number of thiophene rings is 1. The van der Waals surface area contributed by atoms with Crippen LogP contribution in [0.15, 0.2) is 36.4 Å². The van der Waals surface area contributed by atoms with Gasteiger partial charge in [0.1, 0.15) is 9.71 Å². The summed E-state index contributed by atoms with van der Waals surface area (Å²) in [5.74, 6) is -0.157. The third kappa shape index (κ3) is 5.69. The normalized spacial score (nSPS) is 12.3. The van der Waals surface area contributed by atoms with Crippen molar-refractivity contribution in [3.8, 4) is 0 Å². The Morgan fingerprint density at radius 3 is 2.60 bits per heavy atom. The highest BCUT2D eigenvalue weighted by Crippen LogP contribution is 2.29. The zero-order chi connectivity index (χ0) is 21.7. The van der Waals surface area contributed by atoms with Crippen LogP contribution in [-0.2, 0) is 16.1 Å². The predicted octanol–water partition coefficient (Wildman–Crippen LogP) is 4.55. The van der Waals surface area contributed by atoms with Gasteiger partial charge >= 0.3 is 5.97 Å². The van der Waals surface area contributed by atoms with Gasteiger partial charge in [0, 0.05) is 11.4 Å². The summed E-state index contributed by atoms with van der Waals surface area (Å²) in [6.07, 6.45) is 1.95. The van der Waals surface area contributed by atoms with E-state index in [-0.39, 0.29) is 18.6 Å². The zero-order valence-corrected chi connectivity index (χ0v) is 18.8. The molecule has 0 bridgehead atoms. The van der Waals surface area contributed by atoms with Crippen LogP contribution in [0.1, 0.15) is 54.5 Å². The first-order valence-electron chi connectivity index (χ1n) is 10.3. The molecule has 6 nitrogen and oxygen atoms in total. The maximum atomic E-state index is 12.5. The number of esters is 1. The third-order valence-corrected chi connectivity index (χ3v) is 6.03. The fourth-order valence-electron chi connectivity index (χ4n) is 3.25. The molecule has 160 valence electrons. The molecular weight excluding hydrogens is 398 g/mol. The monoisotopic (exact) mass is 427 g/mol. The molecule has 0 aliphatic heterocycles. The van der Waals surface area contributed by atoms with Gasteiger partial charge in [0.2, 0.25) is 0 Å². The number of aryl methyl sites for hydroxylation is 1. The smallest absolute Gasteiger partial charge is 0.348 e. The zero-order valence-electron chi connectivity index (χ0n) is 18.0. The van der Waals surface area contributed by atoms with Crippen LogP contribution in [-0.4, -0.2) is 34.3 Å². The van der Waals surface area contributed by atoms with E-state index in [4.69, 9.17) is 4.74 Å². The fraction of sp³-hybridized carbons (Fsp3) is 0.435. The van der Waals surface area contributed by atoms with Crippen LogP contribution in [0.2, 0.25) is 0 Å². The highest BCUT2D eigenvalue weighted by Gasteiger charge is 2.19. The molecule has 3 aromatic rings. The summed E-state index contributed by atoms with van der Waals surface area (Å²) in [6.45, 7) is 8.57. The number of nitrogens with one attached hydrogen (secondary N) is 1. The Balaban J connectivity index is 1.60. The minimum Gasteiger partial charge on any atom is -0.451 e. The number of fused-ring (bicyclic) bond motifs is 1. The first-order valence-corrected chi connectivity index (χ1v) is 11.1. The molecule has 0 spiro atoms. The van der Waals surface area contributed by atoms with Crippen molar-refractivity contribution in [2.24, 2.45) is 5.92 Å². The van der Waals surface area contributed by atoms with E-state index in [9.17, 15) is 9.59 Å². The SMILES string of the molecule is Cc1nn(Cc2ccccc2)c2sc(C(=O)OCC(=O)NC(C)CCC(C)C)cc12. The van der Waals surface area contributed by atoms with Crippen LogP contribution in [0.3, 0.4) is 0 Å². The lowest BCUT2D eigenvalue weighted by atomic mass is 10.0. The number of hydrogen-bond donors (Lipinski definition) is 1. The average Bonchev–Trinajstić information content (AvgIpc) is 3.27. The van der Waals surface area contributed by atoms with Crippen LogP contribution < -0.4 is 5.32 Å². The van der Waals surface area contributed by atoms with Gasteiger partial charge in [-0.1, -0.05) is 44.2 Å². The van der Waals surface area contributed by atoms with E-state index in [1.807, 2.05) is 48.9 Å². The first-order chi connectivity index (χ1) is 14.3. The summed E-state index contributed by atoms with van der Waals surface area (Å²) in [6, 6.07) is 11.9. The molecule has 0 saturated carbocycles. The molecule has 0 saturated heterocycles. The third-order valence-electron chi connectivity index (χ3n) is 4.90. The number of aromatic nitrogens is 2. The second-order valence-corrected chi connectivity index (χ2v) is 9.10. The molecule has 2 heterocycles. The van der Waals surface area contributed by atoms with Crippen molar-refractivity contribution in [2.45, 2.75) is 53.1 Å². The van der Waals surface area contributed by atoms with Gasteiger partial charge in [0.25, 0.3) is 5.91 Å². The number of hydrogen-bond acceptors (Lipinski definition) is 5. The van der Waals surface area contributed by atoms with Gasteiger partial charge in [0.15, 0.2) is 6.61 Å². The van der Waals surface area contributed by atoms with Crippen molar-refractivity contribution in [2.75, 3.05) is 6.61 Å². The van der Waals surface area contributed by atoms with E-state index < -0.39 is 5.97 Å². The van der Waals surface area contributed by atoms with Gasteiger partial charge in [-0.05, 0) is 44.2 Å². The Morgan fingerprint density at radius 1 is 1.17 bits per heavy atom. The van der Waals surface area contributed by atoms with Crippen LogP contribution in [0.5, 0.6) is 0 Å². The molecule has 0 radical (unpaired) electrons. The summed E-state index contributed by atoms with van der Waals surface area (Å²) >= 11 is 1.34. The lowest BCUT2D eigenvalue weighted by Gasteiger charge is -2.14. The molecule has 0 aliphatic carbocycles. The van der Waals surface area contributed by atoms with Crippen molar-refractivity contribution in [3.05, 3.63) is 52.5 Å². The molecule has 0 fully saturated rings. The number of ether oxygens (including phenoxy) is 1. The summed E-state index contributed by atoms with van der Waals surface area (Å²) in [5.41, 5.74) is 2.01. The number of benzene rings is 1. The topological polar surface area (TPSA) is 73.2 Å². The molecule has 1 aromatic carbocycles. The molecule has 0 aliphatic rings. The van der Waals surface area contributed by atoms with Crippen LogP contribution >= 0.6 is 11.3 Å². The van der Waals surface area contributed by atoms with Crippen molar-refractivity contribution in [3.63, 3.8) is 0 Å². The second kappa shape index (κ2) is 9.89. The maximum Gasteiger partial charge on any atom is 0.348 e. The van der Waals surface area contributed by atoms with E-state index >= 15 is 0 Å². The van der Waals surface area contributed by atoms with Crippen molar-refractivity contribution < 1.29 is 14.3 Å². The summed E-state index contributed by atoms with van der Waals surface area (Å²) < 4.78 is 7.15. The molecule has 1 unspecified atom stereocenters. The van der Waals surface area contributed by atoms with Gasteiger partial charge in [0.05, 0.1) is 12.2 Å². The first kappa shape index (κ1) is 22.0. The molecule has 7 heteroatoms. The number of nitrogens with zero attached hydrogens (tertiary/aromatic N) is 2. The van der Waals surface area contributed by atoms with E-state index in [1.54, 1.807) is 6.07 Å². The van der Waals surface area contributed by atoms with E-state index in [2.05, 4.69) is 24.3 Å². The number of rotatable bonds is 9. The van der Waals surface area contributed by atoms with Gasteiger partial charge in [-0.3, -0.25) is 9.48 Å². The minimum absolute atomic E-state index is 0.0644. The van der Waals surface area contributed by atoms with Gasteiger partial charge in [-0.25, -0.2) is 4.79 Å². The Bertz CT molecular complexity index is 1010. The lowest BCUT2D eigenvalue weighted by Crippen LogP contribution is -2.36. The Hall–Kier alpha value is -2.67. The minimum atomic E-state index is -0.480. The van der Waals surface area contributed by atoms with Gasteiger partial charge in [-0.15, -0.1) is 11.3 Å². The van der Waals surface area contributed by atoms with Crippen LogP contribution in [0.25, 0.3) is 10.2 Å². The highest BCUT2D eigenvalue weighted by atomic mass is 32.1. The van der Waals surface area contributed by atoms with Crippen molar-refractivity contribution in [1.29, 1.82) is 0 Å². The standard InChI is InChI=1S/C23H29N3O3S/c1-15(2)10-11-16(3)24-21(27)14-29-23(28)20-12-19-17(4)25-26(22(19)30-20)13-18-8-6-5-7-9-18/h5-9,12,15-16H,10-11,13-14H2,1-4H3,(H,24,27). The van der Waals surface area contributed by atoms with Crippen molar-refractivity contribution in [1.82, 2.24) is 15.1 Å². The van der Waals surface area contributed by atoms with Gasteiger partial charge < -0.3 is 10.1 Å². The van der Waals surface area contributed by atoms with Crippen LogP contribution in [0, 0.1) is 12.8 Å². The molecule has 1 atom stereocenters. The highest BCUT2D eigenvalue weighted by molar-refractivity contribution is 7.20. The number of amides is 1. The maximum absolute atomic E-state index is 12.5. The van der Waals surface area contributed by atoms with E-state index in [1.165, 1.54) is 11.3 Å². The molecular formula is C23H29N3O3S. The van der Waals surface area contributed by atoms with Crippen molar-refractivity contribution >= 4 is 33.4 Å². The van der Waals surface area contributed by atoms with Gasteiger partial charge in [-0.2, -0.15) is 5.10 Å². The molecule has 1 amide bonds. The predicted molar refractivity (Wildman–Crippen MR) is 120 cm³/mol. The number of carbonyl (C=O) groups is 2. The largest absolute Gasteiger partial charge is 0.451 e. The van der Waals surface area contributed by atoms with E-state index in [0.717, 1.165) is 34.3 Å². The average molecular weight is 428 g/mol. The summed E-state index contributed by atoms with van der Waals surface area (Å²) in [4.78, 5) is 26.0. The summed E-state index contributed by atoms with van der Waals surface area (Å²) in [5, 5.41) is 8.41. The Morgan fingerprint density at radius 2 is 1.90 bits per heavy atom. The Kier molecular flexibility index (Phi) is 7.26. The van der Waals surface area contributed by atoms with E-state index in [0.29, 0.717) is 17.3 Å². The molecule has 30 heavy (non-hydrogen) atoms. The lowest BCUT2D eigenvalue weighted by molar-refractivity contribution is -0.124. The number of carbonyl (C=O) groups excluding carboxylic acids is 2. The second-order valence-electron chi connectivity index (χ2n) is 8.07. The molecule has 2 aromatic heterocycles. The van der Waals surface area contributed by atoms with Crippen LogP contribution in [0.4, 0.5) is 0 Å².